The van der Waals surface area contributed by atoms with Gasteiger partial charge in [0.25, 0.3) is 0 Å². The highest BCUT2D eigenvalue weighted by atomic mass is 14.2. The van der Waals surface area contributed by atoms with Crippen LogP contribution in [0.15, 0.2) is 23.8 Å². The summed E-state index contributed by atoms with van der Waals surface area (Å²) in [5.41, 5.74) is 3.16. The van der Waals surface area contributed by atoms with Crippen molar-refractivity contribution in [1.82, 2.24) is 0 Å². The van der Waals surface area contributed by atoms with Crippen LogP contribution in [0.2, 0.25) is 0 Å². The lowest BCUT2D eigenvalue weighted by atomic mass is 9.82. The topological polar surface area (TPSA) is 0 Å². The van der Waals surface area contributed by atoms with Gasteiger partial charge in [-0.1, -0.05) is 32.1 Å². The minimum atomic E-state index is 0.807. The van der Waals surface area contributed by atoms with Crippen molar-refractivity contribution < 1.29 is 0 Å². The zero-order chi connectivity index (χ0) is 8.27. The molecule has 0 heterocycles. The van der Waals surface area contributed by atoms with Crippen LogP contribution in [0, 0.1) is 5.92 Å². The standard InChI is InChI=1S/C11H18/c1-4-10-8-6-7-9(3)11(10)5-2/h4,9H,1,5-8H2,2-3H3. The number of allylic oxidation sites excluding steroid dienone is 3. The molecular weight excluding hydrogens is 132 g/mol. The van der Waals surface area contributed by atoms with Gasteiger partial charge in [0.05, 0.1) is 0 Å². The molecule has 0 fully saturated rings. The van der Waals surface area contributed by atoms with Crippen LogP contribution in [0.25, 0.3) is 0 Å². The SMILES string of the molecule is C=CC1=C(CC)C(C)CCC1. The molecule has 0 aliphatic heterocycles. The fraction of sp³-hybridized carbons (Fsp3) is 0.636. The number of hydrogen-bond donors (Lipinski definition) is 0. The minimum absolute atomic E-state index is 0.807. The summed E-state index contributed by atoms with van der Waals surface area (Å²) in [5, 5.41) is 0. The lowest BCUT2D eigenvalue weighted by Crippen LogP contribution is -2.07. The van der Waals surface area contributed by atoms with Crippen LogP contribution >= 0.6 is 0 Å². The van der Waals surface area contributed by atoms with Gasteiger partial charge < -0.3 is 0 Å². The van der Waals surface area contributed by atoms with E-state index in [1.165, 1.54) is 31.3 Å². The zero-order valence-electron chi connectivity index (χ0n) is 7.69. The van der Waals surface area contributed by atoms with Gasteiger partial charge in [-0.3, -0.25) is 0 Å². The maximum atomic E-state index is 3.86. The van der Waals surface area contributed by atoms with E-state index in [0.29, 0.717) is 0 Å². The van der Waals surface area contributed by atoms with Crippen LogP contribution < -0.4 is 0 Å². The highest BCUT2D eigenvalue weighted by Gasteiger charge is 2.15. The van der Waals surface area contributed by atoms with Crippen LogP contribution in [0.5, 0.6) is 0 Å². The van der Waals surface area contributed by atoms with Crippen LogP contribution in [-0.4, -0.2) is 0 Å². The molecule has 0 N–H and O–H groups in total. The molecule has 0 aromatic rings. The van der Waals surface area contributed by atoms with E-state index < -0.39 is 0 Å². The first-order valence-corrected chi connectivity index (χ1v) is 4.64. The maximum Gasteiger partial charge on any atom is -0.0226 e. The van der Waals surface area contributed by atoms with Gasteiger partial charge in [-0.05, 0) is 37.2 Å². The average molecular weight is 150 g/mol. The van der Waals surface area contributed by atoms with Crippen molar-refractivity contribution in [3.63, 3.8) is 0 Å². The lowest BCUT2D eigenvalue weighted by Gasteiger charge is -2.23. The molecule has 0 spiro atoms. The normalized spacial score (nSPS) is 25.5. The molecule has 0 aromatic carbocycles. The molecule has 0 saturated carbocycles. The largest absolute Gasteiger partial charge is 0.0988 e. The van der Waals surface area contributed by atoms with Gasteiger partial charge in [0.1, 0.15) is 0 Å². The molecule has 0 aromatic heterocycles. The summed E-state index contributed by atoms with van der Waals surface area (Å²) in [6.45, 7) is 8.44. The van der Waals surface area contributed by atoms with Gasteiger partial charge in [-0.25, -0.2) is 0 Å². The first-order valence-electron chi connectivity index (χ1n) is 4.64. The summed E-state index contributed by atoms with van der Waals surface area (Å²) in [6, 6.07) is 0. The van der Waals surface area contributed by atoms with Crippen LogP contribution in [0.1, 0.15) is 39.5 Å². The van der Waals surface area contributed by atoms with Crippen LogP contribution in [0.3, 0.4) is 0 Å². The molecule has 0 bridgehead atoms. The quantitative estimate of drug-likeness (QED) is 0.563. The number of rotatable bonds is 2. The third-order valence-electron chi connectivity index (χ3n) is 2.72. The fourth-order valence-corrected chi connectivity index (χ4v) is 2.06. The third kappa shape index (κ3) is 1.74. The Labute approximate surface area is 70.0 Å². The molecule has 1 aliphatic rings. The molecule has 0 radical (unpaired) electrons. The molecule has 0 heteroatoms. The summed E-state index contributed by atoms with van der Waals surface area (Å²) in [5.74, 6) is 0.807. The molecule has 11 heavy (non-hydrogen) atoms. The number of hydrogen-bond acceptors (Lipinski definition) is 0. The summed E-state index contributed by atoms with van der Waals surface area (Å²) in [4.78, 5) is 0. The Hall–Kier alpha value is -0.520. The van der Waals surface area contributed by atoms with E-state index in [1.807, 2.05) is 0 Å². The molecule has 0 saturated heterocycles. The molecule has 62 valence electrons. The predicted octanol–water partition coefficient (Wildman–Crippen LogP) is 3.70. The smallest absolute Gasteiger partial charge is 0.0226 e. The molecule has 1 rings (SSSR count). The van der Waals surface area contributed by atoms with E-state index in [-0.39, 0.29) is 0 Å². The molecule has 0 amide bonds. The van der Waals surface area contributed by atoms with Crippen LogP contribution in [-0.2, 0) is 0 Å². The van der Waals surface area contributed by atoms with Gasteiger partial charge in [-0.2, -0.15) is 0 Å². The van der Waals surface area contributed by atoms with Gasteiger partial charge >= 0.3 is 0 Å². The maximum absolute atomic E-state index is 3.86. The van der Waals surface area contributed by atoms with E-state index in [1.54, 1.807) is 5.57 Å². The fourth-order valence-electron chi connectivity index (χ4n) is 2.06. The Morgan fingerprint density at radius 1 is 1.64 bits per heavy atom. The second-order valence-electron chi connectivity index (χ2n) is 3.40. The van der Waals surface area contributed by atoms with E-state index in [0.717, 1.165) is 5.92 Å². The Morgan fingerprint density at radius 3 is 2.82 bits per heavy atom. The summed E-state index contributed by atoms with van der Waals surface area (Å²) in [7, 11) is 0. The summed E-state index contributed by atoms with van der Waals surface area (Å²) in [6.07, 6.45) is 7.25. The second-order valence-corrected chi connectivity index (χ2v) is 3.40. The summed E-state index contributed by atoms with van der Waals surface area (Å²) < 4.78 is 0. The van der Waals surface area contributed by atoms with Crippen molar-refractivity contribution >= 4 is 0 Å². The lowest BCUT2D eigenvalue weighted by molar-refractivity contribution is 0.527. The van der Waals surface area contributed by atoms with Gasteiger partial charge in [-0.15, -0.1) is 0 Å². The minimum Gasteiger partial charge on any atom is -0.0988 e. The van der Waals surface area contributed by atoms with E-state index >= 15 is 0 Å². The van der Waals surface area contributed by atoms with Crippen molar-refractivity contribution in [3.05, 3.63) is 23.8 Å². The zero-order valence-corrected chi connectivity index (χ0v) is 7.69. The molecular formula is C11H18. The molecule has 0 nitrogen and oxygen atoms in total. The van der Waals surface area contributed by atoms with E-state index in [9.17, 15) is 0 Å². The average Bonchev–Trinajstić information content (AvgIpc) is 2.04. The molecule has 1 unspecified atom stereocenters. The van der Waals surface area contributed by atoms with Crippen molar-refractivity contribution in [2.24, 2.45) is 5.92 Å². The van der Waals surface area contributed by atoms with E-state index in [2.05, 4.69) is 26.5 Å². The predicted molar refractivity (Wildman–Crippen MR) is 50.5 cm³/mol. The Kier molecular flexibility index (Phi) is 2.92. The van der Waals surface area contributed by atoms with Crippen molar-refractivity contribution in [2.45, 2.75) is 39.5 Å². The van der Waals surface area contributed by atoms with E-state index in [4.69, 9.17) is 0 Å². The van der Waals surface area contributed by atoms with Crippen LogP contribution in [0.4, 0.5) is 0 Å². The highest BCUT2D eigenvalue weighted by Crippen LogP contribution is 2.31. The Bertz CT molecular complexity index is 174. The Balaban J connectivity index is 2.85. The first-order chi connectivity index (χ1) is 5.29. The third-order valence-corrected chi connectivity index (χ3v) is 2.72. The molecule has 1 aliphatic carbocycles. The van der Waals surface area contributed by atoms with Crippen molar-refractivity contribution in [1.29, 1.82) is 0 Å². The van der Waals surface area contributed by atoms with Crippen molar-refractivity contribution in [3.8, 4) is 0 Å². The second kappa shape index (κ2) is 3.75. The van der Waals surface area contributed by atoms with Gasteiger partial charge in [0.2, 0.25) is 0 Å². The highest BCUT2D eigenvalue weighted by molar-refractivity contribution is 5.27. The van der Waals surface area contributed by atoms with Crippen molar-refractivity contribution in [2.75, 3.05) is 0 Å². The Morgan fingerprint density at radius 2 is 2.36 bits per heavy atom. The van der Waals surface area contributed by atoms with Gasteiger partial charge in [0.15, 0.2) is 0 Å². The first kappa shape index (κ1) is 8.58. The molecule has 1 atom stereocenters. The van der Waals surface area contributed by atoms with Gasteiger partial charge in [0, 0.05) is 0 Å². The monoisotopic (exact) mass is 150 g/mol. The summed E-state index contributed by atoms with van der Waals surface area (Å²) >= 11 is 0.